The van der Waals surface area contributed by atoms with E-state index in [0.717, 1.165) is 0 Å². The Morgan fingerprint density at radius 2 is 1.45 bits per heavy atom. The highest BCUT2D eigenvalue weighted by Gasteiger charge is 2.51. The molecule has 0 aliphatic carbocycles. The first-order valence-corrected chi connectivity index (χ1v) is 6.43. The second-order valence-corrected chi connectivity index (χ2v) is 4.71. The van der Waals surface area contributed by atoms with Crippen LogP contribution in [0, 0.1) is 0 Å². The summed E-state index contributed by atoms with van der Waals surface area (Å²) >= 11 is 0. The highest BCUT2D eigenvalue weighted by molar-refractivity contribution is 5.80. The lowest BCUT2D eigenvalue weighted by Gasteiger charge is -2.31. The van der Waals surface area contributed by atoms with Crippen LogP contribution in [0.2, 0.25) is 0 Å². The molecule has 0 amide bonds. The normalized spacial score (nSPS) is 14.1. The molecule has 0 spiro atoms. The lowest BCUT2D eigenvalue weighted by molar-refractivity contribution is -0.191. The van der Waals surface area contributed by atoms with Crippen molar-refractivity contribution in [3.05, 3.63) is 66.2 Å². The fourth-order valence-electron chi connectivity index (χ4n) is 2.12. The van der Waals surface area contributed by atoms with E-state index in [0.29, 0.717) is 0 Å². The van der Waals surface area contributed by atoms with E-state index in [2.05, 4.69) is 0 Å². The zero-order valence-electron chi connectivity index (χ0n) is 11.4. The number of rotatable bonds is 5. The zero-order chi connectivity index (χ0) is 16.2. The Balaban J connectivity index is 2.53. The van der Waals surface area contributed by atoms with Crippen LogP contribution in [-0.4, -0.2) is 17.3 Å². The van der Waals surface area contributed by atoms with E-state index in [1.54, 1.807) is 24.3 Å². The van der Waals surface area contributed by atoms with Gasteiger partial charge in [0, 0.05) is 5.56 Å². The molecule has 116 valence electrons. The number of carboxylic acids is 1. The van der Waals surface area contributed by atoms with Crippen LogP contribution in [-0.2, 0) is 10.4 Å². The van der Waals surface area contributed by atoms with Gasteiger partial charge in [-0.3, -0.25) is 0 Å². The third-order valence-corrected chi connectivity index (χ3v) is 3.07. The molecule has 1 atom stereocenters. The van der Waals surface area contributed by atoms with E-state index in [9.17, 15) is 23.1 Å². The molecule has 3 nitrogen and oxygen atoms in total. The van der Waals surface area contributed by atoms with Crippen molar-refractivity contribution in [2.45, 2.75) is 18.2 Å². The average Bonchev–Trinajstić information content (AvgIpc) is 2.47. The molecule has 2 aromatic carbocycles. The molecule has 0 heterocycles. The molecular weight excluding hydrogens is 297 g/mol. The number of aliphatic carboxylic acids is 1. The topological polar surface area (TPSA) is 46.5 Å². The smallest absolute Gasteiger partial charge is 0.393 e. The molecule has 1 unspecified atom stereocenters. The summed E-state index contributed by atoms with van der Waals surface area (Å²) in [6.45, 7) is 0. The first kappa shape index (κ1) is 15.9. The summed E-state index contributed by atoms with van der Waals surface area (Å²) in [5.74, 6) is -1.64. The van der Waals surface area contributed by atoms with Crippen LogP contribution in [0.3, 0.4) is 0 Å². The summed E-state index contributed by atoms with van der Waals surface area (Å²) in [5, 5.41) is 9.48. The van der Waals surface area contributed by atoms with Gasteiger partial charge >= 0.3 is 12.1 Å². The third-order valence-electron chi connectivity index (χ3n) is 3.07. The van der Waals surface area contributed by atoms with Crippen LogP contribution < -0.4 is 4.74 Å². The van der Waals surface area contributed by atoms with Crippen molar-refractivity contribution in [1.82, 2.24) is 0 Å². The Morgan fingerprint density at radius 1 is 0.955 bits per heavy atom. The molecule has 0 aliphatic rings. The van der Waals surface area contributed by atoms with Gasteiger partial charge < -0.3 is 9.84 Å². The predicted molar refractivity (Wildman–Crippen MR) is 73.5 cm³/mol. The summed E-state index contributed by atoms with van der Waals surface area (Å²) in [4.78, 5) is 11.7. The first-order valence-electron chi connectivity index (χ1n) is 6.43. The monoisotopic (exact) mass is 310 g/mol. The van der Waals surface area contributed by atoms with Gasteiger partial charge in [-0.25, -0.2) is 4.79 Å². The van der Waals surface area contributed by atoms with Gasteiger partial charge in [-0.05, 0) is 12.1 Å². The molecular formula is C16H13F3O3. The number of benzene rings is 2. The van der Waals surface area contributed by atoms with Gasteiger partial charge in [-0.15, -0.1) is 0 Å². The van der Waals surface area contributed by atoms with E-state index < -0.39 is 24.2 Å². The molecule has 2 rings (SSSR count). The van der Waals surface area contributed by atoms with Crippen molar-refractivity contribution < 1.29 is 27.8 Å². The Labute approximate surface area is 125 Å². The summed E-state index contributed by atoms with van der Waals surface area (Å²) < 4.78 is 44.2. The number of alkyl halides is 3. The van der Waals surface area contributed by atoms with Crippen molar-refractivity contribution in [1.29, 1.82) is 0 Å². The fourth-order valence-corrected chi connectivity index (χ4v) is 2.12. The van der Waals surface area contributed by atoms with E-state index in [-0.39, 0.29) is 11.3 Å². The molecule has 22 heavy (non-hydrogen) atoms. The molecule has 0 saturated heterocycles. The van der Waals surface area contributed by atoms with E-state index in [4.69, 9.17) is 4.74 Å². The van der Waals surface area contributed by atoms with Gasteiger partial charge in [-0.1, -0.05) is 48.5 Å². The highest BCUT2D eigenvalue weighted by atomic mass is 19.4. The second-order valence-electron chi connectivity index (χ2n) is 4.71. The molecule has 1 N–H and O–H groups in total. The molecule has 0 aliphatic heterocycles. The van der Waals surface area contributed by atoms with Crippen molar-refractivity contribution >= 4 is 5.97 Å². The van der Waals surface area contributed by atoms with Crippen molar-refractivity contribution in [2.75, 3.05) is 0 Å². The number of halogens is 3. The quantitative estimate of drug-likeness (QED) is 0.908. The van der Waals surface area contributed by atoms with E-state index in [1.165, 1.54) is 36.4 Å². The number of carbonyl (C=O) groups is 1. The van der Waals surface area contributed by atoms with Crippen molar-refractivity contribution in [3.63, 3.8) is 0 Å². The van der Waals surface area contributed by atoms with Gasteiger partial charge in [0.2, 0.25) is 5.60 Å². The minimum atomic E-state index is -4.71. The Morgan fingerprint density at radius 3 is 1.91 bits per heavy atom. The summed E-state index contributed by atoms with van der Waals surface area (Å²) in [5.41, 5.74) is -2.59. The highest BCUT2D eigenvalue weighted by Crippen LogP contribution is 2.38. The molecule has 0 fully saturated rings. The Kier molecular flexibility index (Phi) is 4.40. The first-order chi connectivity index (χ1) is 10.3. The van der Waals surface area contributed by atoms with Crippen LogP contribution in [0.4, 0.5) is 13.2 Å². The predicted octanol–water partition coefficient (Wildman–Crippen LogP) is 4.00. The Bertz CT molecular complexity index is 626. The molecule has 0 aromatic heterocycles. The van der Waals surface area contributed by atoms with Crippen LogP contribution in [0.15, 0.2) is 60.7 Å². The largest absolute Gasteiger partial charge is 0.478 e. The van der Waals surface area contributed by atoms with Gasteiger partial charge in [-0.2, -0.15) is 13.2 Å². The number of carboxylic acid groups (broad SMARTS) is 1. The maximum atomic E-state index is 13.0. The van der Waals surface area contributed by atoms with Crippen LogP contribution >= 0.6 is 0 Å². The number of para-hydroxylation sites is 1. The second kappa shape index (κ2) is 6.09. The van der Waals surface area contributed by atoms with Crippen LogP contribution in [0.1, 0.15) is 12.0 Å². The third kappa shape index (κ3) is 3.58. The zero-order valence-corrected chi connectivity index (χ0v) is 11.4. The lowest BCUT2D eigenvalue weighted by Crippen LogP contribution is -2.45. The fraction of sp³-hybridized carbons (Fsp3) is 0.188. The van der Waals surface area contributed by atoms with E-state index >= 15 is 0 Å². The SMILES string of the molecule is O=C(O)C(CC(F)(F)F)(Oc1ccccc1)c1ccccc1. The van der Waals surface area contributed by atoms with Gasteiger partial charge in [0.25, 0.3) is 0 Å². The maximum absolute atomic E-state index is 13.0. The Hall–Kier alpha value is -2.50. The minimum Gasteiger partial charge on any atom is -0.478 e. The number of hydrogen-bond acceptors (Lipinski definition) is 2. The average molecular weight is 310 g/mol. The molecule has 0 bridgehead atoms. The van der Waals surface area contributed by atoms with Gasteiger partial charge in [0.1, 0.15) is 5.75 Å². The molecule has 0 radical (unpaired) electrons. The standard InChI is InChI=1S/C16H13F3O3/c17-16(18,19)11-15(14(20)21,12-7-3-1-4-8-12)22-13-9-5-2-6-10-13/h1-10H,11H2,(H,20,21). The van der Waals surface area contributed by atoms with Crippen molar-refractivity contribution in [2.24, 2.45) is 0 Å². The van der Waals surface area contributed by atoms with Crippen LogP contribution in [0.25, 0.3) is 0 Å². The number of hydrogen-bond donors (Lipinski definition) is 1. The summed E-state index contributed by atoms with van der Waals surface area (Å²) in [6, 6.07) is 14.7. The van der Waals surface area contributed by atoms with E-state index in [1.807, 2.05) is 0 Å². The summed E-state index contributed by atoms with van der Waals surface area (Å²) in [6.07, 6.45) is -6.34. The van der Waals surface area contributed by atoms with Gasteiger partial charge in [0.05, 0.1) is 6.42 Å². The maximum Gasteiger partial charge on any atom is 0.393 e. The van der Waals surface area contributed by atoms with Crippen LogP contribution in [0.5, 0.6) is 5.75 Å². The number of ether oxygens (including phenoxy) is 1. The molecule has 2 aromatic rings. The lowest BCUT2D eigenvalue weighted by atomic mass is 9.89. The molecule has 6 heteroatoms. The van der Waals surface area contributed by atoms with Gasteiger partial charge in [0.15, 0.2) is 0 Å². The molecule has 0 saturated carbocycles. The summed E-state index contributed by atoms with van der Waals surface area (Å²) in [7, 11) is 0. The van der Waals surface area contributed by atoms with Crippen molar-refractivity contribution in [3.8, 4) is 5.75 Å². The minimum absolute atomic E-state index is 0.0537.